The fourth-order valence-electron chi connectivity index (χ4n) is 1.77. The zero-order chi connectivity index (χ0) is 15.3. The first kappa shape index (κ1) is 16.1. The summed E-state index contributed by atoms with van der Waals surface area (Å²) < 4.78 is 26.5. The van der Waals surface area contributed by atoms with E-state index in [1.54, 1.807) is 6.92 Å². The Morgan fingerprint density at radius 1 is 1.35 bits per heavy atom. The van der Waals surface area contributed by atoms with Crippen LogP contribution in [-0.4, -0.2) is 35.0 Å². The van der Waals surface area contributed by atoms with E-state index in [0.717, 1.165) is 18.2 Å². The molecule has 6 heteroatoms. The molecule has 0 aromatic heterocycles. The number of carboxylic acid groups (broad SMARTS) is 1. The van der Waals surface area contributed by atoms with Crippen LogP contribution in [0.2, 0.25) is 0 Å². The molecule has 0 saturated heterocycles. The number of carbonyl (C=O) groups excluding carboxylic acids is 1. The van der Waals surface area contributed by atoms with Crippen LogP contribution in [0.1, 0.15) is 19.4 Å². The van der Waals surface area contributed by atoms with Gasteiger partial charge in [-0.15, -0.1) is 0 Å². The van der Waals surface area contributed by atoms with Crippen molar-refractivity contribution >= 4 is 11.9 Å². The van der Waals surface area contributed by atoms with E-state index in [1.165, 1.54) is 11.8 Å². The Bertz CT molecular complexity index is 505. The Balaban J connectivity index is 2.77. The Hall–Kier alpha value is -1.98. The van der Waals surface area contributed by atoms with Crippen molar-refractivity contribution in [2.24, 2.45) is 5.92 Å². The van der Waals surface area contributed by atoms with Crippen molar-refractivity contribution in [3.8, 4) is 0 Å². The number of hydrogen-bond donors (Lipinski definition) is 1. The number of halogens is 2. The van der Waals surface area contributed by atoms with Crippen molar-refractivity contribution in [1.29, 1.82) is 0 Å². The minimum atomic E-state index is -1.01. The molecule has 0 radical (unpaired) electrons. The predicted molar refractivity (Wildman–Crippen MR) is 69.1 cm³/mol. The van der Waals surface area contributed by atoms with Crippen LogP contribution in [0.4, 0.5) is 8.78 Å². The smallest absolute Gasteiger partial charge is 0.308 e. The SMILES string of the molecule is CCN(CC(C)C(=O)O)C(=O)Cc1cc(F)ccc1F. The van der Waals surface area contributed by atoms with Crippen LogP contribution in [0.15, 0.2) is 18.2 Å². The van der Waals surface area contributed by atoms with Crippen molar-refractivity contribution in [1.82, 2.24) is 4.90 Å². The molecule has 1 N–H and O–H groups in total. The van der Waals surface area contributed by atoms with Gasteiger partial charge in [0.05, 0.1) is 12.3 Å². The minimum absolute atomic E-state index is 0.0311. The molecule has 0 bridgehead atoms. The molecule has 0 fully saturated rings. The van der Waals surface area contributed by atoms with E-state index in [2.05, 4.69) is 0 Å². The van der Waals surface area contributed by atoms with Gasteiger partial charge in [0, 0.05) is 18.7 Å². The molecule has 0 aliphatic carbocycles. The van der Waals surface area contributed by atoms with E-state index in [-0.39, 0.29) is 18.5 Å². The Morgan fingerprint density at radius 2 is 2.00 bits per heavy atom. The second-order valence-corrected chi connectivity index (χ2v) is 4.58. The van der Waals surface area contributed by atoms with E-state index in [4.69, 9.17) is 5.11 Å². The molecular formula is C14H17F2NO3. The number of likely N-dealkylation sites (N-methyl/N-ethyl adjacent to an activating group) is 1. The molecule has 20 heavy (non-hydrogen) atoms. The Kier molecular flexibility index (Phi) is 5.61. The van der Waals surface area contributed by atoms with Crippen LogP contribution in [0.3, 0.4) is 0 Å². The Morgan fingerprint density at radius 3 is 2.55 bits per heavy atom. The van der Waals surface area contributed by atoms with Gasteiger partial charge in [0.1, 0.15) is 11.6 Å². The maximum atomic E-state index is 13.5. The molecule has 1 atom stereocenters. The highest BCUT2D eigenvalue weighted by Crippen LogP contribution is 2.12. The first-order chi connectivity index (χ1) is 9.35. The lowest BCUT2D eigenvalue weighted by molar-refractivity contribution is -0.142. The summed E-state index contributed by atoms with van der Waals surface area (Å²) >= 11 is 0. The number of nitrogens with zero attached hydrogens (tertiary/aromatic N) is 1. The molecule has 110 valence electrons. The van der Waals surface area contributed by atoms with E-state index in [9.17, 15) is 18.4 Å². The summed E-state index contributed by atoms with van der Waals surface area (Å²) in [5, 5.41) is 8.83. The summed E-state index contributed by atoms with van der Waals surface area (Å²) in [5.41, 5.74) is -0.0311. The van der Waals surface area contributed by atoms with E-state index in [0.29, 0.717) is 6.54 Å². The monoisotopic (exact) mass is 285 g/mol. The highest BCUT2D eigenvalue weighted by Gasteiger charge is 2.20. The van der Waals surface area contributed by atoms with Crippen LogP contribution in [-0.2, 0) is 16.0 Å². The molecular weight excluding hydrogens is 268 g/mol. The third-order valence-electron chi connectivity index (χ3n) is 3.00. The van der Waals surface area contributed by atoms with Crippen molar-refractivity contribution in [3.05, 3.63) is 35.4 Å². The first-order valence-corrected chi connectivity index (χ1v) is 6.29. The summed E-state index contributed by atoms with van der Waals surface area (Å²) in [7, 11) is 0. The molecule has 0 aliphatic heterocycles. The van der Waals surface area contributed by atoms with Crippen molar-refractivity contribution in [2.45, 2.75) is 20.3 Å². The van der Waals surface area contributed by atoms with Crippen LogP contribution < -0.4 is 0 Å². The van der Waals surface area contributed by atoms with Gasteiger partial charge in [0.2, 0.25) is 5.91 Å². The first-order valence-electron chi connectivity index (χ1n) is 6.29. The van der Waals surface area contributed by atoms with Crippen LogP contribution >= 0.6 is 0 Å². The normalized spacial score (nSPS) is 12.0. The number of carboxylic acids is 1. The average molecular weight is 285 g/mol. The van der Waals surface area contributed by atoms with Crippen LogP contribution in [0, 0.1) is 17.6 Å². The van der Waals surface area contributed by atoms with E-state index in [1.807, 2.05) is 0 Å². The number of rotatable bonds is 6. The lowest BCUT2D eigenvalue weighted by Crippen LogP contribution is -2.37. The zero-order valence-electron chi connectivity index (χ0n) is 11.4. The number of aliphatic carboxylic acids is 1. The van der Waals surface area contributed by atoms with Gasteiger partial charge >= 0.3 is 5.97 Å². The van der Waals surface area contributed by atoms with E-state index < -0.39 is 29.4 Å². The molecule has 1 amide bonds. The minimum Gasteiger partial charge on any atom is -0.481 e. The van der Waals surface area contributed by atoms with Crippen LogP contribution in [0.25, 0.3) is 0 Å². The van der Waals surface area contributed by atoms with Gasteiger partial charge < -0.3 is 10.0 Å². The summed E-state index contributed by atoms with van der Waals surface area (Å²) in [6.45, 7) is 3.55. The van der Waals surface area contributed by atoms with Gasteiger partial charge in [0.25, 0.3) is 0 Å². The fraction of sp³-hybridized carbons (Fsp3) is 0.429. The van der Waals surface area contributed by atoms with Crippen molar-refractivity contribution < 1.29 is 23.5 Å². The molecule has 1 aromatic carbocycles. The molecule has 1 aromatic rings. The van der Waals surface area contributed by atoms with Gasteiger partial charge in [-0.3, -0.25) is 9.59 Å². The lowest BCUT2D eigenvalue weighted by Gasteiger charge is -2.23. The summed E-state index contributed by atoms with van der Waals surface area (Å²) in [6, 6.07) is 2.92. The molecule has 0 saturated carbocycles. The maximum Gasteiger partial charge on any atom is 0.308 e. The summed E-state index contributed by atoms with van der Waals surface area (Å²) in [4.78, 5) is 24.1. The molecule has 1 unspecified atom stereocenters. The maximum absolute atomic E-state index is 13.5. The highest BCUT2D eigenvalue weighted by molar-refractivity contribution is 5.79. The van der Waals surface area contributed by atoms with Gasteiger partial charge in [-0.25, -0.2) is 8.78 Å². The molecule has 4 nitrogen and oxygen atoms in total. The summed E-state index contributed by atoms with van der Waals surface area (Å²) in [5.74, 6) is -3.41. The highest BCUT2D eigenvalue weighted by atomic mass is 19.1. The number of hydrogen-bond acceptors (Lipinski definition) is 2. The lowest BCUT2D eigenvalue weighted by atomic mass is 10.1. The van der Waals surface area contributed by atoms with Gasteiger partial charge in [-0.1, -0.05) is 6.92 Å². The molecule has 0 heterocycles. The quantitative estimate of drug-likeness (QED) is 0.870. The van der Waals surface area contributed by atoms with E-state index >= 15 is 0 Å². The average Bonchev–Trinajstić information content (AvgIpc) is 2.39. The summed E-state index contributed by atoms with van der Waals surface area (Å²) in [6.07, 6.45) is -0.288. The second kappa shape index (κ2) is 6.98. The largest absolute Gasteiger partial charge is 0.481 e. The number of carbonyl (C=O) groups is 2. The van der Waals surface area contributed by atoms with Gasteiger partial charge in [-0.2, -0.15) is 0 Å². The second-order valence-electron chi connectivity index (χ2n) is 4.58. The van der Waals surface area contributed by atoms with Gasteiger partial charge in [0.15, 0.2) is 0 Å². The number of benzene rings is 1. The van der Waals surface area contributed by atoms with Crippen LogP contribution in [0.5, 0.6) is 0 Å². The third-order valence-corrected chi connectivity index (χ3v) is 3.00. The topological polar surface area (TPSA) is 57.6 Å². The van der Waals surface area contributed by atoms with Crippen molar-refractivity contribution in [2.75, 3.05) is 13.1 Å². The third kappa shape index (κ3) is 4.29. The molecule has 0 spiro atoms. The number of amides is 1. The predicted octanol–water partition coefficient (Wildman–Crippen LogP) is 2.08. The fourth-order valence-corrected chi connectivity index (χ4v) is 1.77. The van der Waals surface area contributed by atoms with Gasteiger partial charge in [-0.05, 0) is 25.1 Å². The molecule has 1 rings (SSSR count). The zero-order valence-corrected chi connectivity index (χ0v) is 11.4. The van der Waals surface area contributed by atoms with Crippen molar-refractivity contribution in [3.63, 3.8) is 0 Å². The molecule has 0 aliphatic rings. The Labute approximate surface area is 116 Å². The standard InChI is InChI=1S/C14H17F2NO3/c1-3-17(8-9(2)14(19)20)13(18)7-10-6-11(15)4-5-12(10)16/h4-6,9H,3,7-8H2,1-2H3,(H,19,20).